The fraction of sp³-hybridized carbons (Fsp3) is 1.00. The van der Waals surface area contributed by atoms with E-state index in [1.54, 1.807) is 0 Å². The number of hydrogen-bond acceptors (Lipinski definition) is 1. The molecule has 0 aliphatic carbocycles. The second-order valence-corrected chi connectivity index (χ2v) is 4.95. The third kappa shape index (κ3) is 85.9. The van der Waals surface area contributed by atoms with Crippen molar-refractivity contribution in [1.82, 2.24) is 0 Å². The Bertz CT molecular complexity index is 132. The quantitative estimate of drug-likeness (QED) is 0.498. The SMILES string of the molecule is CCCCCC.CCCCCC.O=P(O)(O)O. The summed E-state index contributed by atoms with van der Waals surface area (Å²) >= 11 is 0. The fourth-order valence-corrected chi connectivity index (χ4v) is 1.000. The van der Waals surface area contributed by atoms with Crippen LogP contribution in [-0.2, 0) is 4.57 Å². The molecular formula is C12H31O4P. The molecule has 0 rings (SSSR count). The zero-order valence-corrected chi connectivity index (χ0v) is 12.7. The predicted molar refractivity (Wildman–Crippen MR) is 73.9 cm³/mol. The molecular weight excluding hydrogens is 239 g/mol. The first-order chi connectivity index (χ1) is 7.83. The van der Waals surface area contributed by atoms with Crippen molar-refractivity contribution >= 4 is 7.82 Å². The lowest BCUT2D eigenvalue weighted by atomic mass is 10.2. The maximum Gasteiger partial charge on any atom is 0.466 e. The van der Waals surface area contributed by atoms with Gasteiger partial charge in [0.15, 0.2) is 0 Å². The minimum atomic E-state index is -4.64. The van der Waals surface area contributed by atoms with Gasteiger partial charge in [0, 0.05) is 0 Å². The Labute approximate surface area is 107 Å². The topological polar surface area (TPSA) is 77.8 Å². The summed E-state index contributed by atoms with van der Waals surface area (Å²) in [5.74, 6) is 0. The van der Waals surface area contributed by atoms with Crippen LogP contribution in [0.2, 0.25) is 0 Å². The van der Waals surface area contributed by atoms with E-state index in [0.29, 0.717) is 0 Å². The molecule has 0 amide bonds. The van der Waals surface area contributed by atoms with E-state index in [1.807, 2.05) is 0 Å². The van der Waals surface area contributed by atoms with Crippen LogP contribution in [0.3, 0.4) is 0 Å². The Balaban J connectivity index is -0.000000174. The van der Waals surface area contributed by atoms with Crippen LogP contribution in [0, 0.1) is 0 Å². The summed E-state index contributed by atoms with van der Waals surface area (Å²) in [7, 11) is -4.64. The minimum Gasteiger partial charge on any atom is -0.303 e. The maximum absolute atomic E-state index is 8.88. The number of hydrogen-bond donors (Lipinski definition) is 3. The van der Waals surface area contributed by atoms with E-state index in [4.69, 9.17) is 19.2 Å². The molecule has 0 aliphatic rings. The van der Waals surface area contributed by atoms with Gasteiger partial charge in [-0.1, -0.05) is 79.1 Å². The van der Waals surface area contributed by atoms with Crippen LogP contribution in [-0.4, -0.2) is 14.7 Å². The standard InChI is InChI=1S/2C6H14.H3O4P/c2*1-3-5-6-4-2;1-5(2,3)4/h2*3-6H2,1-2H3;(H3,1,2,3,4). The van der Waals surface area contributed by atoms with Crippen LogP contribution in [0.1, 0.15) is 79.1 Å². The molecule has 0 atom stereocenters. The molecule has 5 heteroatoms. The lowest BCUT2D eigenvalue weighted by molar-refractivity contribution is 0.275. The molecule has 0 radical (unpaired) electrons. The molecule has 0 fully saturated rings. The van der Waals surface area contributed by atoms with E-state index in [9.17, 15) is 0 Å². The average molecular weight is 270 g/mol. The van der Waals surface area contributed by atoms with Crippen LogP contribution in [0.25, 0.3) is 0 Å². The maximum atomic E-state index is 8.88. The Morgan fingerprint density at radius 3 is 0.824 bits per heavy atom. The van der Waals surface area contributed by atoms with Gasteiger partial charge >= 0.3 is 7.82 Å². The van der Waals surface area contributed by atoms with Crippen molar-refractivity contribution in [2.45, 2.75) is 79.1 Å². The lowest BCUT2D eigenvalue weighted by Gasteiger charge is -1.86. The number of rotatable bonds is 6. The third-order valence-electron chi connectivity index (χ3n) is 1.91. The molecule has 0 saturated heterocycles. The first-order valence-corrected chi connectivity index (χ1v) is 8.18. The Morgan fingerprint density at radius 2 is 0.765 bits per heavy atom. The summed E-state index contributed by atoms with van der Waals surface area (Å²) in [5, 5.41) is 0. The second-order valence-electron chi connectivity index (χ2n) is 3.93. The first-order valence-electron chi connectivity index (χ1n) is 6.61. The molecule has 0 saturated carbocycles. The molecule has 0 spiro atoms. The monoisotopic (exact) mass is 270 g/mol. The minimum absolute atomic E-state index is 1.36. The normalized spacial score (nSPS) is 9.82. The van der Waals surface area contributed by atoms with Crippen molar-refractivity contribution in [1.29, 1.82) is 0 Å². The fourth-order valence-electron chi connectivity index (χ4n) is 1.000. The van der Waals surface area contributed by atoms with Gasteiger partial charge in [-0.25, -0.2) is 4.57 Å². The van der Waals surface area contributed by atoms with E-state index in [1.165, 1.54) is 51.4 Å². The van der Waals surface area contributed by atoms with E-state index >= 15 is 0 Å². The highest BCUT2D eigenvalue weighted by molar-refractivity contribution is 7.45. The summed E-state index contributed by atoms with van der Waals surface area (Å²) in [5.41, 5.74) is 0. The molecule has 0 aliphatic heterocycles. The van der Waals surface area contributed by atoms with Crippen LogP contribution >= 0.6 is 7.82 Å². The summed E-state index contributed by atoms with van der Waals surface area (Å²) in [6.07, 6.45) is 11.1. The van der Waals surface area contributed by atoms with Gasteiger partial charge in [-0.3, -0.25) is 0 Å². The second kappa shape index (κ2) is 18.5. The molecule has 0 heterocycles. The van der Waals surface area contributed by atoms with Gasteiger partial charge in [-0.05, 0) is 0 Å². The van der Waals surface area contributed by atoms with Crippen molar-refractivity contribution < 1.29 is 19.2 Å². The average Bonchev–Trinajstić information content (AvgIpc) is 2.22. The molecule has 17 heavy (non-hydrogen) atoms. The summed E-state index contributed by atoms with van der Waals surface area (Å²) in [6.45, 7) is 8.93. The van der Waals surface area contributed by atoms with Crippen LogP contribution in [0.5, 0.6) is 0 Å². The van der Waals surface area contributed by atoms with Crippen LogP contribution in [0.15, 0.2) is 0 Å². The van der Waals surface area contributed by atoms with Crippen LogP contribution in [0.4, 0.5) is 0 Å². The zero-order chi connectivity index (χ0) is 14.2. The largest absolute Gasteiger partial charge is 0.466 e. The highest BCUT2D eigenvalue weighted by Crippen LogP contribution is 2.25. The molecule has 3 N–H and O–H groups in total. The van der Waals surface area contributed by atoms with Gasteiger partial charge in [0.1, 0.15) is 0 Å². The summed E-state index contributed by atoms with van der Waals surface area (Å²) in [6, 6.07) is 0. The van der Waals surface area contributed by atoms with Crippen molar-refractivity contribution in [3.05, 3.63) is 0 Å². The van der Waals surface area contributed by atoms with Crippen molar-refractivity contribution in [3.63, 3.8) is 0 Å². The van der Waals surface area contributed by atoms with E-state index < -0.39 is 7.82 Å². The van der Waals surface area contributed by atoms with Gasteiger partial charge < -0.3 is 14.7 Å². The summed E-state index contributed by atoms with van der Waals surface area (Å²) in [4.78, 5) is 21.6. The van der Waals surface area contributed by atoms with Gasteiger partial charge in [0.2, 0.25) is 0 Å². The third-order valence-corrected chi connectivity index (χ3v) is 1.91. The smallest absolute Gasteiger partial charge is 0.303 e. The molecule has 0 bridgehead atoms. The highest BCUT2D eigenvalue weighted by atomic mass is 31.2. The molecule has 0 aromatic rings. The zero-order valence-electron chi connectivity index (χ0n) is 11.9. The predicted octanol–water partition coefficient (Wildman–Crippen LogP) is 4.24. The summed E-state index contributed by atoms with van der Waals surface area (Å²) < 4.78 is 8.88. The lowest BCUT2D eigenvalue weighted by Crippen LogP contribution is -1.66. The number of phosphoric acid groups is 1. The highest BCUT2D eigenvalue weighted by Gasteiger charge is 2.00. The van der Waals surface area contributed by atoms with Gasteiger partial charge in [0.05, 0.1) is 0 Å². The van der Waals surface area contributed by atoms with E-state index in [-0.39, 0.29) is 0 Å². The molecule has 0 aromatic heterocycles. The van der Waals surface area contributed by atoms with Crippen molar-refractivity contribution in [2.24, 2.45) is 0 Å². The first kappa shape index (κ1) is 22.3. The Morgan fingerprint density at radius 1 is 0.647 bits per heavy atom. The number of unbranched alkanes of at least 4 members (excludes halogenated alkanes) is 6. The molecule has 108 valence electrons. The Kier molecular flexibility index (Phi) is 24.2. The molecule has 4 nitrogen and oxygen atoms in total. The molecule has 0 unspecified atom stereocenters. The van der Waals surface area contributed by atoms with Gasteiger partial charge in [-0.15, -0.1) is 0 Å². The van der Waals surface area contributed by atoms with Gasteiger partial charge in [-0.2, -0.15) is 0 Å². The van der Waals surface area contributed by atoms with Crippen LogP contribution < -0.4 is 0 Å². The molecule has 0 aromatic carbocycles. The van der Waals surface area contributed by atoms with E-state index in [0.717, 1.165) is 0 Å². The Hall–Kier alpha value is 0.110. The van der Waals surface area contributed by atoms with Crippen molar-refractivity contribution in [3.8, 4) is 0 Å². The van der Waals surface area contributed by atoms with Gasteiger partial charge in [0.25, 0.3) is 0 Å². The van der Waals surface area contributed by atoms with E-state index in [2.05, 4.69) is 27.7 Å². The van der Waals surface area contributed by atoms with Crippen molar-refractivity contribution in [2.75, 3.05) is 0 Å².